The van der Waals surface area contributed by atoms with Gasteiger partial charge in [-0.1, -0.05) is 6.07 Å². The number of rotatable bonds is 3. The van der Waals surface area contributed by atoms with Crippen molar-refractivity contribution >= 4 is 5.91 Å². The summed E-state index contributed by atoms with van der Waals surface area (Å²) in [4.78, 5) is 12.0. The van der Waals surface area contributed by atoms with Crippen LogP contribution < -0.4 is 14.8 Å². The van der Waals surface area contributed by atoms with Gasteiger partial charge < -0.3 is 14.8 Å². The Bertz CT molecular complexity index is 703. The SMILES string of the molecule is O=C(NCc1ccc(F)c(F)c1)c1ccc2c(c1)OCO2. The molecule has 1 amide bonds. The maximum absolute atomic E-state index is 13.1. The van der Waals surface area contributed by atoms with E-state index in [2.05, 4.69) is 5.32 Å². The number of hydrogen-bond donors (Lipinski definition) is 1. The Hall–Kier alpha value is -2.63. The van der Waals surface area contributed by atoms with Crippen LogP contribution >= 0.6 is 0 Å². The molecule has 0 atom stereocenters. The summed E-state index contributed by atoms with van der Waals surface area (Å²) in [7, 11) is 0. The number of nitrogens with one attached hydrogen (secondary N) is 1. The van der Waals surface area contributed by atoms with Gasteiger partial charge in [0.2, 0.25) is 6.79 Å². The third kappa shape index (κ3) is 2.79. The lowest BCUT2D eigenvalue weighted by Gasteiger charge is -2.06. The molecule has 108 valence electrons. The molecule has 1 N–H and O–H groups in total. The highest BCUT2D eigenvalue weighted by molar-refractivity contribution is 5.94. The van der Waals surface area contributed by atoms with E-state index in [9.17, 15) is 13.6 Å². The molecule has 0 fully saturated rings. The van der Waals surface area contributed by atoms with E-state index in [-0.39, 0.29) is 19.2 Å². The molecule has 0 saturated heterocycles. The molecule has 6 heteroatoms. The van der Waals surface area contributed by atoms with Crippen molar-refractivity contribution < 1.29 is 23.0 Å². The zero-order chi connectivity index (χ0) is 14.8. The van der Waals surface area contributed by atoms with Crippen molar-refractivity contribution in [1.29, 1.82) is 0 Å². The van der Waals surface area contributed by atoms with E-state index in [4.69, 9.17) is 9.47 Å². The lowest BCUT2D eigenvalue weighted by molar-refractivity contribution is 0.0950. The molecule has 0 aliphatic carbocycles. The van der Waals surface area contributed by atoms with E-state index in [0.717, 1.165) is 12.1 Å². The topological polar surface area (TPSA) is 47.6 Å². The van der Waals surface area contributed by atoms with Gasteiger partial charge in [0.25, 0.3) is 5.91 Å². The Balaban J connectivity index is 1.67. The van der Waals surface area contributed by atoms with Crippen LogP contribution in [0.3, 0.4) is 0 Å². The minimum absolute atomic E-state index is 0.102. The lowest BCUT2D eigenvalue weighted by Crippen LogP contribution is -2.22. The van der Waals surface area contributed by atoms with E-state index in [1.807, 2.05) is 0 Å². The molecule has 4 nitrogen and oxygen atoms in total. The van der Waals surface area contributed by atoms with Crippen molar-refractivity contribution in [1.82, 2.24) is 5.32 Å². The number of amides is 1. The fourth-order valence-electron chi connectivity index (χ4n) is 1.97. The molecule has 1 aliphatic heterocycles. The summed E-state index contributed by atoms with van der Waals surface area (Å²) in [6.07, 6.45) is 0. The Morgan fingerprint density at radius 1 is 1.05 bits per heavy atom. The zero-order valence-corrected chi connectivity index (χ0v) is 10.9. The average molecular weight is 291 g/mol. The zero-order valence-electron chi connectivity index (χ0n) is 10.9. The second-order valence-electron chi connectivity index (χ2n) is 4.50. The first kappa shape index (κ1) is 13.4. The number of ether oxygens (including phenoxy) is 2. The summed E-state index contributed by atoms with van der Waals surface area (Å²) >= 11 is 0. The van der Waals surface area contributed by atoms with Crippen LogP contribution in [0.15, 0.2) is 36.4 Å². The molecule has 0 unspecified atom stereocenters. The fourth-order valence-corrected chi connectivity index (χ4v) is 1.97. The summed E-state index contributed by atoms with van der Waals surface area (Å²) < 4.78 is 36.2. The van der Waals surface area contributed by atoms with Crippen LogP contribution in [0.1, 0.15) is 15.9 Å². The number of carbonyl (C=O) groups is 1. The predicted molar refractivity (Wildman–Crippen MR) is 70.1 cm³/mol. The molecular formula is C15H11F2NO3. The van der Waals surface area contributed by atoms with Gasteiger partial charge in [0, 0.05) is 12.1 Å². The van der Waals surface area contributed by atoms with Gasteiger partial charge in [0.1, 0.15) is 0 Å². The normalized spacial score (nSPS) is 12.3. The standard InChI is InChI=1S/C15H11F2NO3/c16-11-3-1-9(5-12(11)17)7-18-15(19)10-2-4-13-14(6-10)21-8-20-13/h1-6H,7-8H2,(H,18,19). The molecule has 1 heterocycles. The molecule has 2 aromatic rings. The Labute approximate surface area is 119 Å². The fraction of sp³-hybridized carbons (Fsp3) is 0.133. The molecule has 0 bridgehead atoms. The van der Waals surface area contributed by atoms with E-state index >= 15 is 0 Å². The first-order valence-electron chi connectivity index (χ1n) is 6.25. The van der Waals surface area contributed by atoms with Crippen molar-refractivity contribution in [3.8, 4) is 11.5 Å². The number of fused-ring (bicyclic) bond motifs is 1. The second-order valence-corrected chi connectivity index (χ2v) is 4.50. The summed E-state index contributed by atoms with van der Waals surface area (Å²) in [6, 6.07) is 8.32. The van der Waals surface area contributed by atoms with E-state index in [1.165, 1.54) is 6.07 Å². The quantitative estimate of drug-likeness (QED) is 0.945. The average Bonchev–Trinajstić information content (AvgIpc) is 2.95. The minimum Gasteiger partial charge on any atom is -0.454 e. The first-order chi connectivity index (χ1) is 10.1. The largest absolute Gasteiger partial charge is 0.454 e. The molecule has 0 aromatic heterocycles. The van der Waals surface area contributed by atoms with Gasteiger partial charge in [-0.3, -0.25) is 4.79 Å². The van der Waals surface area contributed by atoms with Crippen LogP contribution in [0.2, 0.25) is 0 Å². The van der Waals surface area contributed by atoms with E-state index < -0.39 is 11.6 Å². The predicted octanol–water partition coefficient (Wildman–Crippen LogP) is 2.62. The summed E-state index contributed by atoms with van der Waals surface area (Å²) in [5.41, 5.74) is 0.879. The van der Waals surface area contributed by atoms with Crippen molar-refractivity contribution in [2.45, 2.75) is 6.54 Å². The molecule has 0 spiro atoms. The third-order valence-corrected chi connectivity index (χ3v) is 3.07. The summed E-state index contributed by atoms with van der Waals surface area (Å²) in [6.45, 7) is 0.236. The number of hydrogen-bond acceptors (Lipinski definition) is 3. The maximum Gasteiger partial charge on any atom is 0.251 e. The van der Waals surface area contributed by atoms with Crippen LogP contribution in [0.4, 0.5) is 8.78 Å². The molecule has 21 heavy (non-hydrogen) atoms. The molecule has 3 rings (SSSR count). The number of benzene rings is 2. The van der Waals surface area contributed by atoms with E-state index in [0.29, 0.717) is 22.6 Å². The Kier molecular flexibility index (Phi) is 3.43. The van der Waals surface area contributed by atoms with Gasteiger partial charge in [-0.25, -0.2) is 8.78 Å². The van der Waals surface area contributed by atoms with Crippen LogP contribution in [0.5, 0.6) is 11.5 Å². The van der Waals surface area contributed by atoms with Crippen molar-refractivity contribution in [2.75, 3.05) is 6.79 Å². The van der Waals surface area contributed by atoms with Crippen molar-refractivity contribution in [2.24, 2.45) is 0 Å². The highest BCUT2D eigenvalue weighted by atomic mass is 19.2. The molecule has 0 radical (unpaired) electrons. The monoisotopic (exact) mass is 291 g/mol. The Morgan fingerprint density at radius 2 is 1.86 bits per heavy atom. The first-order valence-corrected chi connectivity index (χ1v) is 6.25. The van der Waals surface area contributed by atoms with Gasteiger partial charge in [0.15, 0.2) is 23.1 Å². The van der Waals surface area contributed by atoms with Crippen molar-refractivity contribution in [3.63, 3.8) is 0 Å². The van der Waals surface area contributed by atoms with Crippen LogP contribution in [0.25, 0.3) is 0 Å². The summed E-state index contributed by atoms with van der Waals surface area (Å²) in [5.74, 6) is -1.09. The van der Waals surface area contributed by atoms with Gasteiger partial charge in [-0.05, 0) is 35.9 Å². The molecular weight excluding hydrogens is 280 g/mol. The smallest absolute Gasteiger partial charge is 0.251 e. The number of carbonyl (C=O) groups excluding carboxylic acids is 1. The third-order valence-electron chi connectivity index (χ3n) is 3.07. The van der Waals surface area contributed by atoms with Crippen molar-refractivity contribution in [3.05, 3.63) is 59.2 Å². The minimum atomic E-state index is -0.940. The highest BCUT2D eigenvalue weighted by Gasteiger charge is 2.16. The van der Waals surface area contributed by atoms with Crippen LogP contribution in [-0.4, -0.2) is 12.7 Å². The molecule has 1 aliphatic rings. The highest BCUT2D eigenvalue weighted by Crippen LogP contribution is 2.32. The number of halogens is 2. The van der Waals surface area contributed by atoms with E-state index in [1.54, 1.807) is 18.2 Å². The van der Waals surface area contributed by atoms with Gasteiger partial charge in [-0.15, -0.1) is 0 Å². The summed E-state index contributed by atoms with van der Waals surface area (Å²) in [5, 5.41) is 2.63. The van der Waals surface area contributed by atoms with Gasteiger partial charge in [0.05, 0.1) is 0 Å². The van der Waals surface area contributed by atoms with Gasteiger partial charge >= 0.3 is 0 Å². The second kappa shape index (κ2) is 5.40. The molecule has 0 saturated carbocycles. The Morgan fingerprint density at radius 3 is 2.67 bits per heavy atom. The van der Waals surface area contributed by atoms with Crippen LogP contribution in [0, 0.1) is 11.6 Å². The lowest BCUT2D eigenvalue weighted by atomic mass is 10.1. The maximum atomic E-state index is 13.1. The van der Waals surface area contributed by atoms with Gasteiger partial charge in [-0.2, -0.15) is 0 Å². The van der Waals surface area contributed by atoms with Crippen LogP contribution in [-0.2, 0) is 6.54 Å². The molecule has 2 aromatic carbocycles.